The zero-order valence-electron chi connectivity index (χ0n) is 35.6. The van der Waals surface area contributed by atoms with E-state index in [1.807, 2.05) is 0 Å². The van der Waals surface area contributed by atoms with Crippen LogP contribution in [0.25, 0.3) is 93.2 Å². The van der Waals surface area contributed by atoms with Crippen molar-refractivity contribution in [3.05, 3.63) is 196 Å². The fourth-order valence-electron chi connectivity index (χ4n) is 9.45. The SMILES string of the molecule is [C-]#[N+]c1cccc(C(F)(F)F)c1-c1cc(-n2c3ccccc3c3cc(-c4cc(C)cc(C(F)(F)F)c4)ccc32)c(C#N)c(-n2c3ccccc3c3cc(-c4cc(C)cc(C(F)(F)F)c4)ccc32)c1. The van der Waals surface area contributed by atoms with E-state index in [4.69, 9.17) is 6.57 Å². The molecule has 0 unspecified atom stereocenters. The Labute approximate surface area is 381 Å². The number of aryl methyl sites for hydroxylation is 2. The van der Waals surface area contributed by atoms with Crippen LogP contribution < -0.4 is 0 Å². The van der Waals surface area contributed by atoms with Crippen LogP contribution in [0.1, 0.15) is 33.4 Å². The van der Waals surface area contributed by atoms with E-state index in [1.165, 1.54) is 18.2 Å². The summed E-state index contributed by atoms with van der Waals surface area (Å²) >= 11 is 0. The Bertz CT molecular complexity index is 3610. The minimum Gasteiger partial charge on any atom is -0.308 e. The molecule has 0 saturated carbocycles. The Hall–Kier alpha value is -8.29. The van der Waals surface area contributed by atoms with Crippen molar-refractivity contribution in [2.75, 3.05) is 0 Å². The van der Waals surface area contributed by atoms with Gasteiger partial charge < -0.3 is 9.13 Å². The van der Waals surface area contributed by atoms with E-state index in [2.05, 4.69) is 10.9 Å². The molecule has 0 spiro atoms. The maximum atomic E-state index is 15.1. The maximum Gasteiger partial charge on any atom is 0.416 e. The van der Waals surface area contributed by atoms with Crippen LogP contribution in [0.15, 0.2) is 152 Å². The van der Waals surface area contributed by atoms with Gasteiger partial charge >= 0.3 is 18.5 Å². The Morgan fingerprint density at radius 2 is 0.912 bits per heavy atom. The van der Waals surface area contributed by atoms with E-state index in [0.29, 0.717) is 77.0 Å². The van der Waals surface area contributed by atoms with Gasteiger partial charge in [-0.05, 0) is 131 Å². The summed E-state index contributed by atoms with van der Waals surface area (Å²) < 4.78 is 133. The van der Waals surface area contributed by atoms with Crippen LogP contribution in [0.4, 0.5) is 45.2 Å². The van der Waals surface area contributed by atoms with Crippen molar-refractivity contribution in [3.8, 4) is 50.8 Å². The summed E-state index contributed by atoms with van der Waals surface area (Å²) in [5.74, 6) is 0. The van der Waals surface area contributed by atoms with Gasteiger partial charge in [0.15, 0.2) is 5.69 Å². The number of nitrogens with zero attached hydrogens (tertiary/aromatic N) is 4. The summed E-state index contributed by atoms with van der Waals surface area (Å²) in [7, 11) is 0. The number of para-hydroxylation sites is 2. The fraction of sp³-hybridized carbons (Fsp3) is 0.0909. The van der Waals surface area contributed by atoms with Crippen molar-refractivity contribution >= 4 is 49.3 Å². The van der Waals surface area contributed by atoms with Crippen molar-refractivity contribution in [1.82, 2.24) is 9.13 Å². The first-order valence-electron chi connectivity index (χ1n) is 21.0. The molecule has 0 atom stereocenters. The zero-order chi connectivity index (χ0) is 48.0. The average molecular weight is 919 g/mol. The molecular formula is C55H31F9N4. The number of hydrogen-bond acceptors (Lipinski definition) is 1. The largest absolute Gasteiger partial charge is 0.416 e. The van der Waals surface area contributed by atoms with E-state index in [0.717, 1.165) is 36.4 Å². The molecule has 334 valence electrons. The van der Waals surface area contributed by atoms with Gasteiger partial charge in [-0.1, -0.05) is 78.9 Å². The molecule has 0 N–H and O–H groups in total. The summed E-state index contributed by atoms with van der Waals surface area (Å²) in [4.78, 5) is 3.51. The molecule has 0 amide bonds. The Balaban J connectivity index is 1.30. The third-order valence-corrected chi connectivity index (χ3v) is 12.3. The predicted molar refractivity (Wildman–Crippen MR) is 247 cm³/mol. The minimum atomic E-state index is -4.92. The highest BCUT2D eigenvalue weighted by Gasteiger charge is 2.36. The Morgan fingerprint density at radius 3 is 1.34 bits per heavy atom. The molecule has 8 aromatic carbocycles. The van der Waals surface area contributed by atoms with E-state index in [9.17, 15) is 31.6 Å². The molecule has 0 aliphatic carbocycles. The lowest BCUT2D eigenvalue weighted by atomic mass is 9.94. The van der Waals surface area contributed by atoms with Crippen LogP contribution in [0.5, 0.6) is 0 Å². The first-order chi connectivity index (χ1) is 32.3. The van der Waals surface area contributed by atoms with Crippen LogP contribution in [-0.2, 0) is 18.5 Å². The van der Waals surface area contributed by atoms with Gasteiger partial charge in [-0.25, -0.2) is 4.85 Å². The number of alkyl halides is 9. The van der Waals surface area contributed by atoms with E-state index < -0.39 is 40.8 Å². The number of aromatic nitrogens is 2. The quantitative estimate of drug-likeness (QED) is 0.125. The summed E-state index contributed by atoms with van der Waals surface area (Å²) in [6.45, 7) is 11.1. The molecule has 4 nitrogen and oxygen atoms in total. The van der Waals surface area contributed by atoms with Gasteiger partial charge in [-0.3, -0.25) is 0 Å². The van der Waals surface area contributed by atoms with Crippen LogP contribution >= 0.6 is 0 Å². The Kier molecular flexibility index (Phi) is 10.0. The van der Waals surface area contributed by atoms with Crippen molar-refractivity contribution in [1.29, 1.82) is 5.26 Å². The first-order valence-corrected chi connectivity index (χ1v) is 21.0. The lowest BCUT2D eigenvalue weighted by molar-refractivity contribution is -0.138. The molecular weight excluding hydrogens is 888 g/mol. The summed E-state index contributed by atoms with van der Waals surface area (Å²) in [5.41, 5.74) is 1.18. The van der Waals surface area contributed by atoms with Gasteiger partial charge in [0.05, 0.1) is 56.7 Å². The van der Waals surface area contributed by atoms with Crippen LogP contribution in [-0.4, -0.2) is 9.13 Å². The molecule has 2 heterocycles. The van der Waals surface area contributed by atoms with Crippen LogP contribution in [0, 0.1) is 31.8 Å². The lowest BCUT2D eigenvalue weighted by Crippen LogP contribution is -2.09. The second kappa shape index (κ2) is 15.7. The average Bonchev–Trinajstić information content (AvgIpc) is 3.81. The van der Waals surface area contributed by atoms with Gasteiger partial charge in [-0.15, -0.1) is 0 Å². The summed E-state index contributed by atoms with van der Waals surface area (Å²) in [6, 6.07) is 40.4. The normalized spacial score (nSPS) is 12.3. The van der Waals surface area contributed by atoms with Crippen LogP contribution in [0.3, 0.4) is 0 Å². The maximum absolute atomic E-state index is 15.1. The molecule has 0 fully saturated rings. The smallest absolute Gasteiger partial charge is 0.308 e. The molecule has 0 aliphatic heterocycles. The van der Waals surface area contributed by atoms with Gasteiger partial charge in [0.1, 0.15) is 11.6 Å². The highest BCUT2D eigenvalue weighted by Crippen LogP contribution is 2.47. The third kappa shape index (κ3) is 7.28. The molecule has 0 radical (unpaired) electrons. The van der Waals surface area contributed by atoms with E-state index >= 15 is 13.2 Å². The van der Waals surface area contributed by atoms with Gasteiger partial charge in [0, 0.05) is 21.5 Å². The Morgan fingerprint density at radius 1 is 0.456 bits per heavy atom. The van der Waals surface area contributed by atoms with Crippen molar-refractivity contribution in [2.24, 2.45) is 0 Å². The molecule has 10 rings (SSSR count). The van der Waals surface area contributed by atoms with Crippen LogP contribution in [0.2, 0.25) is 0 Å². The minimum absolute atomic E-state index is 0.0167. The standard InChI is InChI=1S/C55H31F9N4/c1-30-19-34(23-37(21-30)53(56,57)58)32-15-17-48-41(25-32)39-9-4-6-13-46(39)67(48)50-27-36(52-44(55(62,63)64)11-8-12-45(52)66-3)28-51(43(50)29-65)68-47-14-7-5-10-40(47)42-26-33(16-18-49(42)68)35-20-31(2)22-38(24-35)54(59,60)61/h4-28H,1-2H3. The van der Waals surface area contributed by atoms with Gasteiger partial charge in [0.25, 0.3) is 0 Å². The molecule has 68 heavy (non-hydrogen) atoms. The van der Waals surface area contributed by atoms with Crippen molar-refractivity contribution in [2.45, 2.75) is 32.4 Å². The molecule has 2 aromatic heterocycles. The number of rotatable bonds is 5. The first kappa shape index (κ1) is 43.6. The summed E-state index contributed by atoms with van der Waals surface area (Å²) in [5, 5.41) is 13.8. The third-order valence-electron chi connectivity index (χ3n) is 12.3. The lowest BCUT2D eigenvalue weighted by Gasteiger charge is -2.21. The number of benzene rings is 8. The zero-order valence-corrected chi connectivity index (χ0v) is 35.6. The number of halogens is 9. The molecule has 13 heteroatoms. The highest BCUT2D eigenvalue weighted by molar-refractivity contribution is 6.12. The number of hydrogen-bond donors (Lipinski definition) is 0. The molecule has 0 bridgehead atoms. The second-order valence-corrected chi connectivity index (χ2v) is 16.7. The van der Waals surface area contributed by atoms with Gasteiger partial charge in [0.2, 0.25) is 0 Å². The van der Waals surface area contributed by atoms with E-state index in [1.54, 1.807) is 120 Å². The topological polar surface area (TPSA) is 38.0 Å². The molecule has 0 aliphatic rings. The number of fused-ring (bicyclic) bond motifs is 6. The van der Waals surface area contributed by atoms with Crippen molar-refractivity contribution < 1.29 is 39.5 Å². The second-order valence-electron chi connectivity index (χ2n) is 16.7. The summed E-state index contributed by atoms with van der Waals surface area (Å²) in [6.07, 6.45) is -14.1. The number of nitriles is 1. The van der Waals surface area contributed by atoms with Gasteiger partial charge in [-0.2, -0.15) is 44.8 Å². The van der Waals surface area contributed by atoms with E-state index in [-0.39, 0.29) is 28.2 Å². The van der Waals surface area contributed by atoms with Crippen molar-refractivity contribution in [3.63, 3.8) is 0 Å². The molecule has 0 saturated heterocycles. The molecule has 10 aromatic rings. The fourth-order valence-corrected chi connectivity index (χ4v) is 9.45. The highest BCUT2D eigenvalue weighted by atomic mass is 19.4. The monoisotopic (exact) mass is 918 g/mol. The predicted octanol–water partition coefficient (Wildman–Crippen LogP) is 17.0.